The van der Waals surface area contributed by atoms with E-state index in [-0.39, 0.29) is 17.3 Å². The van der Waals surface area contributed by atoms with Gasteiger partial charge < -0.3 is 4.79 Å². The molecule has 1 unspecified atom stereocenters. The Labute approximate surface area is 90.2 Å². The predicted octanol–water partition coefficient (Wildman–Crippen LogP) is 2.07. The van der Waals surface area contributed by atoms with Gasteiger partial charge in [-0.25, -0.2) is 0 Å². The molecule has 0 aromatic heterocycles. The third-order valence-corrected chi connectivity index (χ3v) is 3.15. The highest BCUT2D eigenvalue weighted by Gasteiger charge is 2.37. The van der Waals surface area contributed by atoms with Crippen LogP contribution in [-0.2, 0) is 14.4 Å². The minimum atomic E-state index is -0.495. The van der Waals surface area contributed by atoms with E-state index in [1.807, 2.05) is 6.92 Å². The summed E-state index contributed by atoms with van der Waals surface area (Å²) >= 11 is 0. The molecule has 0 amide bonds. The molecule has 84 valence electrons. The van der Waals surface area contributed by atoms with E-state index in [1.165, 1.54) is 6.92 Å². The van der Waals surface area contributed by atoms with Crippen LogP contribution in [0.3, 0.4) is 0 Å². The number of hydrogen-bond donors (Lipinski definition) is 0. The van der Waals surface area contributed by atoms with Gasteiger partial charge in [-0.1, -0.05) is 6.92 Å². The van der Waals surface area contributed by atoms with Crippen LogP contribution >= 0.6 is 0 Å². The fourth-order valence-electron chi connectivity index (χ4n) is 2.12. The molecule has 0 saturated heterocycles. The van der Waals surface area contributed by atoms with Crippen molar-refractivity contribution in [2.75, 3.05) is 0 Å². The Bertz CT molecular complexity index is 293. The first-order valence-corrected chi connectivity index (χ1v) is 5.48. The van der Waals surface area contributed by atoms with Gasteiger partial charge >= 0.3 is 0 Å². The predicted molar refractivity (Wildman–Crippen MR) is 56.5 cm³/mol. The SMILES string of the molecule is CC(=O)CCC(=O)C1(C)CCCC(=O)C1. The largest absolute Gasteiger partial charge is 0.300 e. The van der Waals surface area contributed by atoms with Crippen LogP contribution in [-0.4, -0.2) is 17.3 Å². The molecule has 1 rings (SSSR count). The summed E-state index contributed by atoms with van der Waals surface area (Å²) in [6.45, 7) is 3.34. The van der Waals surface area contributed by atoms with Gasteiger partial charge in [0.05, 0.1) is 0 Å². The Morgan fingerprint density at radius 1 is 1.33 bits per heavy atom. The van der Waals surface area contributed by atoms with Gasteiger partial charge in [0.2, 0.25) is 0 Å². The van der Waals surface area contributed by atoms with Gasteiger partial charge in [-0.2, -0.15) is 0 Å². The standard InChI is InChI=1S/C12H18O3/c1-9(13)5-6-11(15)12(2)7-3-4-10(14)8-12/h3-8H2,1-2H3. The van der Waals surface area contributed by atoms with E-state index < -0.39 is 5.41 Å². The van der Waals surface area contributed by atoms with Crippen molar-refractivity contribution in [3.05, 3.63) is 0 Å². The summed E-state index contributed by atoms with van der Waals surface area (Å²) < 4.78 is 0. The lowest BCUT2D eigenvalue weighted by Gasteiger charge is -2.31. The molecule has 0 heterocycles. The molecular weight excluding hydrogens is 192 g/mol. The zero-order valence-electron chi connectivity index (χ0n) is 9.47. The fraction of sp³-hybridized carbons (Fsp3) is 0.750. The number of hydrogen-bond acceptors (Lipinski definition) is 3. The van der Waals surface area contributed by atoms with Crippen LogP contribution < -0.4 is 0 Å². The minimum Gasteiger partial charge on any atom is -0.300 e. The zero-order chi connectivity index (χ0) is 11.5. The van der Waals surface area contributed by atoms with Crippen molar-refractivity contribution in [1.82, 2.24) is 0 Å². The summed E-state index contributed by atoms with van der Waals surface area (Å²) in [4.78, 5) is 33.9. The molecular formula is C12H18O3. The minimum absolute atomic E-state index is 0.0362. The Morgan fingerprint density at radius 2 is 2.00 bits per heavy atom. The Morgan fingerprint density at radius 3 is 2.53 bits per heavy atom. The molecule has 1 fully saturated rings. The Hall–Kier alpha value is -0.990. The lowest BCUT2D eigenvalue weighted by Crippen LogP contribution is -2.34. The van der Waals surface area contributed by atoms with Gasteiger partial charge in [0.25, 0.3) is 0 Å². The lowest BCUT2D eigenvalue weighted by molar-refractivity contribution is -0.136. The number of carbonyl (C=O) groups is 3. The van der Waals surface area contributed by atoms with E-state index in [1.54, 1.807) is 0 Å². The Kier molecular flexibility index (Phi) is 3.77. The average molecular weight is 210 g/mol. The summed E-state index contributed by atoms with van der Waals surface area (Å²) in [5.41, 5.74) is -0.495. The molecule has 0 radical (unpaired) electrons. The van der Waals surface area contributed by atoms with Crippen LogP contribution in [0.5, 0.6) is 0 Å². The maximum atomic E-state index is 11.9. The summed E-state index contributed by atoms with van der Waals surface area (Å²) in [7, 11) is 0. The maximum absolute atomic E-state index is 11.9. The molecule has 0 bridgehead atoms. The molecule has 1 aliphatic rings. The number of carbonyl (C=O) groups excluding carboxylic acids is 3. The van der Waals surface area contributed by atoms with Crippen molar-refractivity contribution in [1.29, 1.82) is 0 Å². The first kappa shape index (κ1) is 12.1. The first-order valence-electron chi connectivity index (χ1n) is 5.48. The molecule has 1 saturated carbocycles. The smallest absolute Gasteiger partial charge is 0.139 e. The zero-order valence-corrected chi connectivity index (χ0v) is 9.47. The highest BCUT2D eigenvalue weighted by atomic mass is 16.1. The summed E-state index contributed by atoms with van der Waals surface area (Å²) in [6.07, 6.45) is 3.16. The second-order valence-electron chi connectivity index (χ2n) is 4.75. The molecule has 0 spiro atoms. The van der Waals surface area contributed by atoms with Gasteiger partial charge in [-0.15, -0.1) is 0 Å². The van der Waals surface area contributed by atoms with E-state index in [9.17, 15) is 14.4 Å². The molecule has 3 heteroatoms. The van der Waals surface area contributed by atoms with Crippen molar-refractivity contribution >= 4 is 17.3 Å². The number of ketones is 3. The molecule has 1 atom stereocenters. The van der Waals surface area contributed by atoms with Gasteiger partial charge in [0.15, 0.2) is 0 Å². The number of rotatable bonds is 4. The summed E-state index contributed by atoms with van der Waals surface area (Å²) in [5, 5.41) is 0. The van der Waals surface area contributed by atoms with E-state index in [0.717, 1.165) is 12.8 Å². The van der Waals surface area contributed by atoms with E-state index in [2.05, 4.69) is 0 Å². The quantitative estimate of drug-likeness (QED) is 0.713. The van der Waals surface area contributed by atoms with Crippen LogP contribution in [0.4, 0.5) is 0 Å². The molecule has 0 aliphatic heterocycles. The van der Waals surface area contributed by atoms with Crippen LogP contribution in [0.1, 0.15) is 52.4 Å². The second-order valence-corrected chi connectivity index (χ2v) is 4.75. The molecule has 0 N–H and O–H groups in total. The number of Topliss-reactive ketones (excluding diaryl/α,β-unsaturated/α-hetero) is 3. The average Bonchev–Trinajstić information content (AvgIpc) is 2.13. The molecule has 0 aromatic carbocycles. The lowest BCUT2D eigenvalue weighted by atomic mass is 9.71. The highest BCUT2D eigenvalue weighted by Crippen LogP contribution is 2.36. The summed E-state index contributed by atoms with van der Waals surface area (Å²) in [6, 6.07) is 0. The highest BCUT2D eigenvalue weighted by molar-refractivity contribution is 5.93. The normalized spacial score (nSPS) is 26.4. The van der Waals surface area contributed by atoms with Crippen molar-refractivity contribution < 1.29 is 14.4 Å². The van der Waals surface area contributed by atoms with E-state index >= 15 is 0 Å². The molecule has 0 aromatic rings. The van der Waals surface area contributed by atoms with Crippen LogP contribution in [0.25, 0.3) is 0 Å². The molecule has 3 nitrogen and oxygen atoms in total. The van der Waals surface area contributed by atoms with Crippen LogP contribution in [0.2, 0.25) is 0 Å². The monoisotopic (exact) mass is 210 g/mol. The van der Waals surface area contributed by atoms with Gasteiger partial charge in [-0.05, 0) is 19.8 Å². The van der Waals surface area contributed by atoms with Gasteiger partial charge in [0, 0.05) is 31.1 Å². The fourth-order valence-corrected chi connectivity index (χ4v) is 2.12. The van der Waals surface area contributed by atoms with Crippen molar-refractivity contribution in [3.63, 3.8) is 0 Å². The van der Waals surface area contributed by atoms with E-state index in [0.29, 0.717) is 25.7 Å². The van der Waals surface area contributed by atoms with Crippen molar-refractivity contribution in [3.8, 4) is 0 Å². The third kappa shape index (κ3) is 3.26. The topological polar surface area (TPSA) is 51.2 Å². The second kappa shape index (κ2) is 4.69. The van der Waals surface area contributed by atoms with Crippen LogP contribution in [0.15, 0.2) is 0 Å². The summed E-state index contributed by atoms with van der Waals surface area (Å²) in [5.74, 6) is 0.291. The van der Waals surface area contributed by atoms with Crippen LogP contribution in [0, 0.1) is 5.41 Å². The van der Waals surface area contributed by atoms with E-state index in [4.69, 9.17) is 0 Å². The molecule has 1 aliphatic carbocycles. The molecule has 15 heavy (non-hydrogen) atoms. The van der Waals surface area contributed by atoms with Crippen molar-refractivity contribution in [2.45, 2.75) is 52.4 Å². The Balaban J connectivity index is 2.56. The third-order valence-electron chi connectivity index (χ3n) is 3.15. The van der Waals surface area contributed by atoms with Gasteiger partial charge in [-0.3, -0.25) is 9.59 Å². The maximum Gasteiger partial charge on any atom is 0.139 e. The van der Waals surface area contributed by atoms with Gasteiger partial charge in [0.1, 0.15) is 17.3 Å². The van der Waals surface area contributed by atoms with Crippen molar-refractivity contribution in [2.24, 2.45) is 5.41 Å². The first-order chi connectivity index (χ1) is 6.94.